The summed E-state index contributed by atoms with van der Waals surface area (Å²) in [5, 5.41) is 6.88. The van der Waals surface area contributed by atoms with Crippen molar-refractivity contribution in [3.8, 4) is 0 Å². The standard InChI is InChI=1S/C17H22N2O2S2/c1-13-16(14(2)21-19-13)11-23-12-17(20)18-8-9-22-10-15-6-4-3-5-7-15/h3-7H,8-12H2,1-2H3,(H,18,20). The van der Waals surface area contributed by atoms with Gasteiger partial charge in [-0.2, -0.15) is 11.8 Å². The van der Waals surface area contributed by atoms with Gasteiger partial charge in [0, 0.05) is 29.4 Å². The van der Waals surface area contributed by atoms with E-state index in [1.165, 1.54) is 5.56 Å². The number of aryl methyl sites for hydroxylation is 2. The number of nitrogens with one attached hydrogen (secondary N) is 1. The number of rotatable bonds is 9. The molecule has 1 aromatic carbocycles. The molecule has 0 spiro atoms. The second-order valence-electron chi connectivity index (χ2n) is 5.18. The summed E-state index contributed by atoms with van der Waals surface area (Å²) in [5.74, 6) is 4.06. The van der Waals surface area contributed by atoms with Crippen LogP contribution in [0.4, 0.5) is 0 Å². The van der Waals surface area contributed by atoms with Gasteiger partial charge in [-0.3, -0.25) is 4.79 Å². The normalized spacial score (nSPS) is 10.7. The molecular weight excluding hydrogens is 328 g/mol. The van der Waals surface area contributed by atoms with Crippen LogP contribution in [0.15, 0.2) is 34.9 Å². The molecule has 0 radical (unpaired) electrons. The SMILES string of the molecule is Cc1noc(C)c1CSCC(=O)NCCSCc1ccccc1. The molecule has 2 rings (SSSR count). The molecular formula is C17H22N2O2S2. The third-order valence-electron chi connectivity index (χ3n) is 3.34. The highest BCUT2D eigenvalue weighted by Gasteiger charge is 2.09. The molecule has 0 fully saturated rings. The fourth-order valence-corrected chi connectivity index (χ4v) is 3.86. The van der Waals surface area contributed by atoms with Crippen molar-refractivity contribution in [3.63, 3.8) is 0 Å². The number of carbonyl (C=O) groups excluding carboxylic acids is 1. The first kappa shape index (κ1) is 17.9. The number of aromatic nitrogens is 1. The lowest BCUT2D eigenvalue weighted by Crippen LogP contribution is -2.27. The Kier molecular flexibility index (Phi) is 7.55. The topological polar surface area (TPSA) is 55.1 Å². The fourth-order valence-electron chi connectivity index (χ4n) is 2.03. The number of amides is 1. The lowest BCUT2D eigenvalue weighted by molar-refractivity contribution is -0.118. The van der Waals surface area contributed by atoms with E-state index in [9.17, 15) is 4.79 Å². The number of benzene rings is 1. The Morgan fingerprint density at radius 1 is 1.17 bits per heavy atom. The molecule has 1 heterocycles. The van der Waals surface area contributed by atoms with Gasteiger partial charge < -0.3 is 9.84 Å². The summed E-state index contributed by atoms with van der Waals surface area (Å²) < 4.78 is 5.11. The largest absolute Gasteiger partial charge is 0.361 e. The van der Waals surface area contributed by atoms with E-state index in [1.54, 1.807) is 11.8 Å². The molecule has 23 heavy (non-hydrogen) atoms. The smallest absolute Gasteiger partial charge is 0.230 e. The van der Waals surface area contributed by atoms with E-state index in [0.29, 0.717) is 12.3 Å². The Balaban J connectivity index is 1.53. The fraction of sp³-hybridized carbons (Fsp3) is 0.412. The minimum atomic E-state index is 0.0853. The van der Waals surface area contributed by atoms with Crippen molar-refractivity contribution in [1.29, 1.82) is 0 Å². The van der Waals surface area contributed by atoms with Crippen LogP contribution in [-0.2, 0) is 16.3 Å². The summed E-state index contributed by atoms with van der Waals surface area (Å²) in [7, 11) is 0. The molecule has 0 saturated heterocycles. The average molecular weight is 351 g/mol. The molecule has 0 aliphatic rings. The van der Waals surface area contributed by atoms with E-state index in [-0.39, 0.29) is 5.91 Å². The zero-order valence-electron chi connectivity index (χ0n) is 13.5. The van der Waals surface area contributed by atoms with E-state index in [2.05, 4.69) is 22.6 Å². The Bertz CT molecular complexity index is 595. The molecule has 4 nitrogen and oxygen atoms in total. The molecule has 0 aliphatic carbocycles. The predicted octanol–water partition coefficient (Wildman–Crippen LogP) is 3.57. The van der Waals surface area contributed by atoms with E-state index >= 15 is 0 Å². The van der Waals surface area contributed by atoms with Crippen molar-refractivity contribution in [3.05, 3.63) is 52.9 Å². The van der Waals surface area contributed by atoms with Gasteiger partial charge in [-0.05, 0) is 19.4 Å². The Morgan fingerprint density at radius 3 is 2.65 bits per heavy atom. The first-order valence-corrected chi connectivity index (χ1v) is 9.85. The van der Waals surface area contributed by atoms with Crippen LogP contribution < -0.4 is 5.32 Å². The van der Waals surface area contributed by atoms with Crippen molar-refractivity contribution in [2.24, 2.45) is 0 Å². The third kappa shape index (κ3) is 6.31. The minimum Gasteiger partial charge on any atom is -0.361 e. The molecule has 0 unspecified atom stereocenters. The van der Waals surface area contributed by atoms with Crippen molar-refractivity contribution in [1.82, 2.24) is 10.5 Å². The van der Waals surface area contributed by atoms with Gasteiger partial charge in [0.1, 0.15) is 5.76 Å². The van der Waals surface area contributed by atoms with Crippen molar-refractivity contribution >= 4 is 29.4 Å². The summed E-state index contributed by atoms with van der Waals surface area (Å²) in [4.78, 5) is 11.8. The van der Waals surface area contributed by atoms with Crippen LogP contribution in [0.2, 0.25) is 0 Å². The van der Waals surface area contributed by atoms with Gasteiger partial charge in [-0.1, -0.05) is 35.5 Å². The first-order valence-electron chi connectivity index (χ1n) is 7.54. The lowest BCUT2D eigenvalue weighted by atomic mass is 10.2. The van der Waals surface area contributed by atoms with Crippen molar-refractivity contribution < 1.29 is 9.32 Å². The van der Waals surface area contributed by atoms with Gasteiger partial charge >= 0.3 is 0 Å². The highest BCUT2D eigenvalue weighted by atomic mass is 32.2. The van der Waals surface area contributed by atoms with Crippen LogP contribution in [0, 0.1) is 13.8 Å². The molecule has 1 aromatic heterocycles. The van der Waals surface area contributed by atoms with Gasteiger partial charge in [-0.15, -0.1) is 11.8 Å². The van der Waals surface area contributed by atoms with Crippen molar-refractivity contribution in [2.75, 3.05) is 18.1 Å². The molecule has 124 valence electrons. The molecule has 0 bridgehead atoms. The van der Waals surface area contributed by atoms with Gasteiger partial charge in [-0.25, -0.2) is 0 Å². The monoisotopic (exact) mass is 350 g/mol. The van der Waals surface area contributed by atoms with Crippen molar-refractivity contribution in [2.45, 2.75) is 25.4 Å². The molecule has 0 atom stereocenters. The lowest BCUT2D eigenvalue weighted by Gasteiger charge is -2.05. The number of hydrogen-bond donors (Lipinski definition) is 1. The highest BCUT2D eigenvalue weighted by Crippen LogP contribution is 2.19. The van der Waals surface area contributed by atoms with Crippen LogP contribution in [-0.4, -0.2) is 29.1 Å². The Hall–Kier alpha value is -1.40. The van der Waals surface area contributed by atoms with Gasteiger partial charge in [0.05, 0.1) is 11.4 Å². The Morgan fingerprint density at radius 2 is 1.96 bits per heavy atom. The number of carbonyl (C=O) groups is 1. The van der Waals surface area contributed by atoms with Crippen LogP contribution in [0.1, 0.15) is 22.6 Å². The molecule has 1 N–H and O–H groups in total. The summed E-state index contributed by atoms with van der Waals surface area (Å²) >= 11 is 3.42. The minimum absolute atomic E-state index is 0.0853. The second kappa shape index (κ2) is 9.67. The average Bonchev–Trinajstić information content (AvgIpc) is 2.87. The van der Waals surface area contributed by atoms with Gasteiger partial charge in [0.2, 0.25) is 5.91 Å². The predicted molar refractivity (Wildman–Crippen MR) is 97.8 cm³/mol. The van der Waals surface area contributed by atoms with Crippen LogP contribution in [0.3, 0.4) is 0 Å². The number of nitrogens with zero attached hydrogens (tertiary/aromatic N) is 1. The zero-order valence-corrected chi connectivity index (χ0v) is 15.1. The van der Waals surface area contributed by atoms with Crippen LogP contribution in [0.25, 0.3) is 0 Å². The van der Waals surface area contributed by atoms with E-state index in [0.717, 1.165) is 34.3 Å². The molecule has 0 saturated carbocycles. The van der Waals surface area contributed by atoms with E-state index < -0.39 is 0 Å². The summed E-state index contributed by atoms with van der Waals surface area (Å²) in [6.07, 6.45) is 0. The van der Waals surface area contributed by atoms with Gasteiger partial charge in [0.25, 0.3) is 0 Å². The first-order chi connectivity index (χ1) is 11.2. The quantitative estimate of drug-likeness (QED) is 0.701. The van der Waals surface area contributed by atoms with E-state index in [4.69, 9.17) is 4.52 Å². The molecule has 2 aromatic rings. The van der Waals surface area contributed by atoms with E-state index in [1.807, 2.05) is 43.8 Å². The number of hydrogen-bond acceptors (Lipinski definition) is 5. The molecule has 6 heteroatoms. The van der Waals surface area contributed by atoms with Gasteiger partial charge in [0.15, 0.2) is 0 Å². The molecule has 1 amide bonds. The van der Waals surface area contributed by atoms with Crippen LogP contribution >= 0.6 is 23.5 Å². The second-order valence-corrected chi connectivity index (χ2v) is 7.27. The summed E-state index contributed by atoms with van der Waals surface area (Å²) in [6.45, 7) is 4.54. The highest BCUT2D eigenvalue weighted by molar-refractivity contribution is 7.99. The number of thioether (sulfide) groups is 2. The zero-order chi connectivity index (χ0) is 16.5. The molecule has 0 aliphatic heterocycles. The maximum atomic E-state index is 11.8. The summed E-state index contributed by atoms with van der Waals surface area (Å²) in [5.41, 5.74) is 3.33. The Labute approximate surface area is 145 Å². The summed E-state index contributed by atoms with van der Waals surface area (Å²) in [6, 6.07) is 10.4. The third-order valence-corrected chi connectivity index (χ3v) is 5.33. The maximum Gasteiger partial charge on any atom is 0.230 e. The van der Waals surface area contributed by atoms with Crippen LogP contribution in [0.5, 0.6) is 0 Å². The maximum absolute atomic E-state index is 11.8.